The van der Waals surface area contributed by atoms with Crippen molar-refractivity contribution in [1.29, 1.82) is 0 Å². The first kappa shape index (κ1) is 19.3. The molecule has 7 heteroatoms. The van der Waals surface area contributed by atoms with E-state index < -0.39 is 23.1 Å². The number of carbonyl (C=O) groups excluding carboxylic acids is 3. The molecule has 0 radical (unpaired) electrons. The van der Waals surface area contributed by atoms with Crippen LogP contribution >= 0.6 is 0 Å². The fourth-order valence-electron chi connectivity index (χ4n) is 2.52. The lowest BCUT2D eigenvalue weighted by Gasteiger charge is -2.30. The molecule has 23 heavy (non-hydrogen) atoms. The lowest BCUT2D eigenvalue weighted by molar-refractivity contribution is -0.162. The summed E-state index contributed by atoms with van der Waals surface area (Å²) in [7, 11) is 1.26. The van der Waals surface area contributed by atoms with Crippen LogP contribution < -0.4 is 5.32 Å². The molecule has 1 aliphatic heterocycles. The number of carbonyl (C=O) groups is 3. The van der Waals surface area contributed by atoms with E-state index in [0.717, 1.165) is 12.8 Å². The highest BCUT2D eigenvalue weighted by Crippen LogP contribution is 2.28. The van der Waals surface area contributed by atoms with Crippen LogP contribution in [0.25, 0.3) is 0 Å². The highest BCUT2D eigenvalue weighted by molar-refractivity contribution is 6.02. The summed E-state index contributed by atoms with van der Waals surface area (Å²) in [6.45, 7) is 8.33. The molecule has 132 valence electrons. The van der Waals surface area contributed by atoms with E-state index in [1.165, 1.54) is 7.11 Å². The quantitative estimate of drug-likeness (QED) is 0.613. The van der Waals surface area contributed by atoms with Gasteiger partial charge in [-0.05, 0) is 47.0 Å². The topological polar surface area (TPSA) is 84.9 Å². The normalized spacial score (nSPS) is 17.3. The Kier molecular flexibility index (Phi) is 6.41. The van der Waals surface area contributed by atoms with Gasteiger partial charge < -0.3 is 19.7 Å². The minimum absolute atomic E-state index is 0.153. The van der Waals surface area contributed by atoms with E-state index in [-0.39, 0.29) is 18.9 Å². The third-order valence-electron chi connectivity index (χ3n) is 3.79. The van der Waals surface area contributed by atoms with Crippen molar-refractivity contribution in [2.24, 2.45) is 5.41 Å². The van der Waals surface area contributed by atoms with Gasteiger partial charge in [0.25, 0.3) is 0 Å². The minimum atomic E-state index is -1.30. The number of esters is 1. The number of likely N-dealkylation sites (tertiary alicyclic amines) is 1. The molecule has 1 heterocycles. The number of rotatable bonds is 5. The van der Waals surface area contributed by atoms with Crippen LogP contribution in [0.2, 0.25) is 0 Å². The molecule has 1 atom stereocenters. The lowest BCUT2D eigenvalue weighted by atomic mass is 9.85. The van der Waals surface area contributed by atoms with Crippen molar-refractivity contribution in [2.75, 3.05) is 26.7 Å². The van der Waals surface area contributed by atoms with Crippen molar-refractivity contribution >= 4 is 18.0 Å². The van der Waals surface area contributed by atoms with Gasteiger partial charge in [-0.1, -0.05) is 0 Å². The summed E-state index contributed by atoms with van der Waals surface area (Å²) < 4.78 is 9.94. The van der Waals surface area contributed by atoms with Crippen molar-refractivity contribution in [3.8, 4) is 0 Å². The monoisotopic (exact) mass is 328 g/mol. The number of alkyl carbamates (subject to hydrolysis) is 1. The Morgan fingerprint density at radius 1 is 1.09 bits per heavy atom. The molecule has 1 fully saturated rings. The van der Waals surface area contributed by atoms with Crippen LogP contribution in [-0.4, -0.2) is 55.2 Å². The zero-order chi connectivity index (χ0) is 17.7. The zero-order valence-corrected chi connectivity index (χ0v) is 14.7. The van der Waals surface area contributed by atoms with Crippen LogP contribution in [-0.2, 0) is 19.1 Å². The van der Waals surface area contributed by atoms with Crippen molar-refractivity contribution in [1.82, 2.24) is 10.2 Å². The van der Waals surface area contributed by atoms with Crippen LogP contribution in [0, 0.1) is 5.41 Å². The lowest BCUT2D eigenvalue weighted by Crippen LogP contribution is -2.48. The van der Waals surface area contributed by atoms with Crippen molar-refractivity contribution in [2.45, 2.75) is 52.6 Å². The third kappa shape index (κ3) is 5.41. The molecule has 0 spiro atoms. The maximum atomic E-state index is 12.7. The second-order valence-corrected chi connectivity index (χ2v) is 7.00. The molecule has 0 aliphatic carbocycles. The number of nitrogens with zero attached hydrogens (tertiary/aromatic N) is 1. The van der Waals surface area contributed by atoms with E-state index in [1.807, 2.05) is 0 Å². The van der Waals surface area contributed by atoms with Gasteiger partial charge in [0.15, 0.2) is 0 Å². The highest BCUT2D eigenvalue weighted by atomic mass is 16.6. The molecule has 0 saturated carbocycles. The predicted molar refractivity (Wildman–Crippen MR) is 84.8 cm³/mol. The third-order valence-corrected chi connectivity index (χ3v) is 3.79. The second kappa shape index (κ2) is 7.66. The molecule has 0 aromatic rings. The fourth-order valence-corrected chi connectivity index (χ4v) is 2.52. The number of ether oxygens (including phenoxy) is 2. The van der Waals surface area contributed by atoms with Gasteiger partial charge >= 0.3 is 12.1 Å². The number of amides is 2. The Labute approximate surface area is 137 Å². The molecule has 1 N–H and O–H groups in total. The van der Waals surface area contributed by atoms with Gasteiger partial charge in [-0.2, -0.15) is 0 Å². The van der Waals surface area contributed by atoms with E-state index >= 15 is 0 Å². The molecule has 0 aromatic heterocycles. The Bertz CT molecular complexity index is 452. The minimum Gasteiger partial charge on any atom is -0.468 e. The molecular formula is C16H28N2O5. The summed E-state index contributed by atoms with van der Waals surface area (Å²) in [5.74, 6) is -0.826. The Balaban J connectivity index is 2.66. The summed E-state index contributed by atoms with van der Waals surface area (Å²) in [6.07, 6.45) is 1.48. The first-order valence-electron chi connectivity index (χ1n) is 7.95. The van der Waals surface area contributed by atoms with Gasteiger partial charge in [0.2, 0.25) is 5.91 Å². The fraction of sp³-hybridized carbons (Fsp3) is 0.812. The Morgan fingerprint density at radius 3 is 2.13 bits per heavy atom. The zero-order valence-electron chi connectivity index (χ0n) is 14.7. The van der Waals surface area contributed by atoms with Crippen LogP contribution in [0.4, 0.5) is 4.79 Å². The second-order valence-electron chi connectivity index (χ2n) is 7.00. The number of hydrogen-bond acceptors (Lipinski definition) is 5. The molecule has 0 bridgehead atoms. The number of nitrogens with one attached hydrogen (secondary N) is 1. The summed E-state index contributed by atoms with van der Waals surface area (Å²) in [5, 5.41) is 2.58. The van der Waals surface area contributed by atoms with Gasteiger partial charge in [0, 0.05) is 19.6 Å². The van der Waals surface area contributed by atoms with E-state index in [4.69, 9.17) is 9.47 Å². The van der Waals surface area contributed by atoms with Crippen LogP contribution in [0.15, 0.2) is 0 Å². The molecule has 1 saturated heterocycles. The average Bonchev–Trinajstić information content (AvgIpc) is 2.97. The molecular weight excluding hydrogens is 300 g/mol. The smallest absolute Gasteiger partial charge is 0.407 e. The summed E-state index contributed by atoms with van der Waals surface area (Å²) in [5.41, 5.74) is -1.89. The van der Waals surface area contributed by atoms with Crippen LogP contribution in [0.3, 0.4) is 0 Å². The maximum absolute atomic E-state index is 12.7. The Hall–Kier alpha value is -1.79. The predicted octanol–water partition coefficient (Wildman–Crippen LogP) is 1.70. The van der Waals surface area contributed by atoms with Crippen molar-refractivity contribution in [3.05, 3.63) is 0 Å². The van der Waals surface area contributed by atoms with Gasteiger partial charge in [0.1, 0.15) is 11.0 Å². The van der Waals surface area contributed by atoms with E-state index in [9.17, 15) is 14.4 Å². The standard InChI is InChI=1S/C16H28N2O5/c1-15(2,3)23-14(21)17-9-8-16(4,13(20)22-5)12(19)18-10-6-7-11-18/h6-11H2,1-5H3,(H,17,21). The van der Waals surface area contributed by atoms with Crippen LogP contribution in [0.1, 0.15) is 47.0 Å². The molecule has 1 rings (SSSR count). The first-order valence-corrected chi connectivity index (χ1v) is 7.95. The first-order chi connectivity index (χ1) is 10.6. The summed E-state index contributed by atoms with van der Waals surface area (Å²) in [4.78, 5) is 38.1. The maximum Gasteiger partial charge on any atom is 0.407 e. The van der Waals surface area contributed by atoms with Crippen molar-refractivity contribution < 1.29 is 23.9 Å². The SMILES string of the molecule is COC(=O)C(C)(CCNC(=O)OC(C)(C)C)C(=O)N1CCCC1. The van der Waals surface area contributed by atoms with Gasteiger partial charge in [-0.15, -0.1) is 0 Å². The molecule has 0 aromatic carbocycles. The molecule has 1 aliphatic rings. The van der Waals surface area contributed by atoms with E-state index in [0.29, 0.717) is 13.1 Å². The number of methoxy groups -OCH3 is 1. The summed E-state index contributed by atoms with van der Waals surface area (Å²) >= 11 is 0. The van der Waals surface area contributed by atoms with E-state index in [2.05, 4.69) is 5.32 Å². The van der Waals surface area contributed by atoms with Gasteiger partial charge in [0.05, 0.1) is 7.11 Å². The molecule has 1 unspecified atom stereocenters. The average molecular weight is 328 g/mol. The summed E-state index contributed by atoms with van der Waals surface area (Å²) in [6, 6.07) is 0. The van der Waals surface area contributed by atoms with E-state index in [1.54, 1.807) is 32.6 Å². The van der Waals surface area contributed by atoms with Crippen LogP contribution in [0.5, 0.6) is 0 Å². The molecule has 7 nitrogen and oxygen atoms in total. The largest absolute Gasteiger partial charge is 0.468 e. The van der Waals surface area contributed by atoms with Gasteiger partial charge in [-0.3, -0.25) is 9.59 Å². The highest BCUT2D eigenvalue weighted by Gasteiger charge is 2.45. The number of hydrogen-bond donors (Lipinski definition) is 1. The Morgan fingerprint density at radius 2 is 1.65 bits per heavy atom. The van der Waals surface area contributed by atoms with Crippen molar-refractivity contribution in [3.63, 3.8) is 0 Å². The van der Waals surface area contributed by atoms with Gasteiger partial charge in [-0.25, -0.2) is 4.79 Å². The molecule has 2 amide bonds.